The molecule has 0 bridgehead atoms. The average Bonchev–Trinajstić information content (AvgIpc) is 3.19. The lowest BCUT2D eigenvalue weighted by Crippen LogP contribution is -2.19. The second kappa shape index (κ2) is 6.57. The van der Waals surface area contributed by atoms with Crippen molar-refractivity contribution in [1.82, 2.24) is 34.7 Å². The molecular formula is C15H18N8O. The van der Waals surface area contributed by atoms with E-state index in [-0.39, 0.29) is 12.5 Å². The van der Waals surface area contributed by atoms with Crippen LogP contribution in [0.1, 0.15) is 18.3 Å². The summed E-state index contributed by atoms with van der Waals surface area (Å²) in [5.41, 5.74) is 3.25. The number of hydrogen-bond acceptors (Lipinski definition) is 6. The molecule has 0 fully saturated rings. The first kappa shape index (κ1) is 15.8. The van der Waals surface area contributed by atoms with Crippen molar-refractivity contribution in [3.8, 4) is 11.3 Å². The first-order chi connectivity index (χ1) is 11.5. The van der Waals surface area contributed by atoms with E-state index in [9.17, 15) is 4.79 Å². The molecule has 1 amide bonds. The maximum Gasteiger partial charge on any atom is 0.247 e. The van der Waals surface area contributed by atoms with Crippen molar-refractivity contribution in [2.75, 3.05) is 5.32 Å². The van der Waals surface area contributed by atoms with Crippen molar-refractivity contribution in [2.24, 2.45) is 0 Å². The Bertz CT molecular complexity index is 866. The lowest BCUT2D eigenvalue weighted by Gasteiger charge is -2.03. The summed E-state index contributed by atoms with van der Waals surface area (Å²) in [7, 11) is 0. The van der Waals surface area contributed by atoms with Gasteiger partial charge >= 0.3 is 0 Å². The SMILES string of the molecule is CCn1ncc(NC(=O)Cn2cc(-c3nc(C)cnc3C)cn2)n1. The van der Waals surface area contributed by atoms with E-state index < -0.39 is 0 Å². The lowest BCUT2D eigenvalue weighted by atomic mass is 10.2. The summed E-state index contributed by atoms with van der Waals surface area (Å²) in [6.07, 6.45) is 6.69. The first-order valence-electron chi connectivity index (χ1n) is 7.58. The molecule has 0 atom stereocenters. The van der Waals surface area contributed by atoms with Gasteiger partial charge in [-0.15, -0.1) is 5.10 Å². The Kier molecular flexibility index (Phi) is 4.32. The van der Waals surface area contributed by atoms with Crippen molar-refractivity contribution in [1.29, 1.82) is 0 Å². The Morgan fingerprint density at radius 2 is 2.04 bits per heavy atom. The van der Waals surface area contributed by atoms with Crippen LogP contribution in [0, 0.1) is 13.8 Å². The zero-order valence-corrected chi connectivity index (χ0v) is 13.8. The van der Waals surface area contributed by atoms with E-state index in [0.717, 1.165) is 22.6 Å². The topological polar surface area (TPSA) is 103 Å². The lowest BCUT2D eigenvalue weighted by molar-refractivity contribution is -0.116. The number of amides is 1. The van der Waals surface area contributed by atoms with Gasteiger partial charge in [0.2, 0.25) is 5.91 Å². The smallest absolute Gasteiger partial charge is 0.247 e. The summed E-state index contributed by atoms with van der Waals surface area (Å²) in [6.45, 7) is 6.43. The molecule has 0 aliphatic rings. The molecule has 0 spiro atoms. The van der Waals surface area contributed by atoms with Crippen LogP contribution in [0.3, 0.4) is 0 Å². The third-order valence-corrected chi connectivity index (χ3v) is 3.37. The van der Waals surface area contributed by atoms with E-state index in [2.05, 4.69) is 30.6 Å². The second-order valence-corrected chi connectivity index (χ2v) is 5.34. The Balaban J connectivity index is 1.69. The fraction of sp³-hybridized carbons (Fsp3) is 0.333. The molecule has 3 aromatic rings. The molecule has 3 aromatic heterocycles. The fourth-order valence-electron chi connectivity index (χ4n) is 2.22. The Morgan fingerprint density at radius 1 is 1.21 bits per heavy atom. The first-order valence-corrected chi connectivity index (χ1v) is 7.58. The molecule has 0 unspecified atom stereocenters. The van der Waals surface area contributed by atoms with Crippen molar-refractivity contribution in [3.05, 3.63) is 36.2 Å². The molecule has 9 nitrogen and oxygen atoms in total. The summed E-state index contributed by atoms with van der Waals surface area (Å²) >= 11 is 0. The quantitative estimate of drug-likeness (QED) is 0.756. The van der Waals surface area contributed by atoms with Gasteiger partial charge in [-0.3, -0.25) is 14.5 Å². The largest absolute Gasteiger partial charge is 0.306 e. The van der Waals surface area contributed by atoms with Gasteiger partial charge < -0.3 is 5.32 Å². The standard InChI is InChI=1S/C15H18N8O/c1-4-23-18-7-13(21-23)20-14(24)9-22-8-12(6-17-22)15-11(3)16-5-10(2)19-15/h5-8H,4,9H2,1-3H3,(H,20,21,24). The van der Waals surface area contributed by atoms with Crippen LogP contribution in [0.15, 0.2) is 24.8 Å². The van der Waals surface area contributed by atoms with Crippen LogP contribution in [-0.4, -0.2) is 40.6 Å². The van der Waals surface area contributed by atoms with E-state index in [1.54, 1.807) is 23.3 Å². The number of aryl methyl sites for hydroxylation is 3. The van der Waals surface area contributed by atoms with E-state index in [4.69, 9.17) is 0 Å². The van der Waals surface area contributed by atoms with Crippen LogP contribution in [-0.2, 0) is 17.9 Å². The van der Waals surface area contributed by atoms with Crippen LogP contribution in [0.2, 0.25) is 0 Å². The number of carbonyl (C=O) groups excluding carboxylic acids is 1. The molecule has 3 rings (SSSR count). The van der Waals surface area contributed by atoms with Gasteiger partial charge in [-0.2, -0.15) is 15.0 Å². The van der Waals surface area contributed by atoms with Gasteiger partial charge in [0.15, 0.2) is 5.82 Å². The molecular weight excluding hydrogens is 308 g/mol. The van der Waals surface area contributed by atoms with Crippen LogP contribution in [0.5, 0.6) is 0 Å². The molecule has 9 heteroatoms. The highest BCUT2D eigenvalue weighted by Crippen LogP contribution is 2.19. The monoisotopic (exact) mass is 326 g/mol. The molecule has 0 saturated heterocycles. The predicted molar refractivity (Wildman–Crippen MR) is 87.1 cm³/mol. The minimum Gasteiger partial charge on any atom is -0.306 e. The summed E-state index contributed by atoms with van der Waals surface area (Å²) in [5.74, 6) is 0.203. The van der Waals surface area contributed by atoms with Gasteiger partial charge in [0.05, 0.1) is 36.0 Å². The molecule has 0 saturated carbocycles. The van der Waals surface area contributed by atoms with Gasteiger partial charge in [-0.05, 0) is 20.8 Å². The average molecular weight is 326 g/mol. The number of aromatic nitrogens is 7. The predicted octanol–water partition coefficient (Wildman–Crippen LogP) is 1.21. The molecule has 24 heavy (non-hydrogen) atoms. The summed E-state index contributed by atoms with van der Waals surface area (Å²) in [5, 5.41) is 15.0. The number of hydrogen-bond donors (Lipinski definition) is 1. The summed E-state index contributed by atoms with van der Waals surface area (Å²) in [4.78, 5) is 22.3. The van der Waals surface area contributed by atoms with Crippen LogP contribution < -0.4 is 5.32 Å². The third-order valence-electron chi connectivity index (χ3n) is 3.37. The van der Waals surface area contributed by atoms with Crippen LogP contribution in [0.4, 0.5) is 5.82 Å². The number of nitrogens with one attached hydrogen (secondary N) is 1. The molecule has 0 aromatic carbocycles. The van der Waals surface area contributed by atoms with Crippen molar-refractivity contribution < 1.29 is 4.79 Å². The highest BCUT2D eigenvalue weighted by Gasteiger charge is 2.11. The fourth-order valence-corrected chi connectivity index (χ4v) is 2.22. The third kappa shape index (κ3) is 3.45. The Morgan fingerprint density at radius 3 is 2.79 bits per heavy atom. The Labute approximate surface area is 138 Å². The number of rotatable bonds is 5. The van der Waals surface area contributed by atoms with E-state index in [1.807, 2.05) is 20.8 Å². The minimum absolute atomic E-state index is 0.0806. The van der Waals surface area contributed by atoms with Gasteiger partial charge in [-0.25, -0.2) is 4.98 Å². The van der Waals surface area contributed by atoms with Gasteiger partial charge in [0.1, 0.15) is 6.54 Å². The maximum absolute atomic E-state index is 12.1. The van der Waals surface area contributed by atoms with Crippen molar-refractivity contribution >= 4 is 11.7 Å². The summed E-state index contributed by atoms with van der Waals surface area (Å²) < 4.78 is 1.55. The minimum atomic E-state index is -0.222. The second-order valence-electron chi connectivity index (χ2n) is 5.34. The molecule has 1 N–H and O–H groups in total. The molecule has 0 radical (unpaired) electrons. The summed E-state index contributed by atoms with van der Waals surface area (Å²) in [6, 6.07) is 0. The van der Waals surface area contributed by atoms with Gasteiger partial charge in [-0.1, -0.05) is 0 Å². The molecule has 3 heterocycles. The Hall–Kier alpha value is -3.10. The highest BCUT2D eigenvalue weighted by atomic mass is 16.2. The van der Waals surface area contributed by atoms with Crippen molar-refractivity contribution in [3.63, 3.8) is 0 Å². The zero-order valence-electron chi connectivity index (χ0n) is 13.8. The maximum atomic E-state index is 12.1. The van der Waals surface area contributed by atoms with Gasteiger partial charge in [0.25, 0.3) is 0 Å². The molecule has 0 aliphatic carbocycles. The van der Waals surface area contributed by atoms with Crippen LogP contribution >= 0.6 is 0 Å². The van der Waals surface area contributed by atoms with E-state index in [1.165, 1.54) is 11.0 Å². The molecule has 124 valence electrons. The normalized spacial score (nSPS) is 10.8. The number of carbonyl (C=O) groups is 1. The zero-order chi connectivity index (χ0) is 17.1. The number of nitrogens with zero attached hydrogens (tertiary/aromatic N) is 7. The highest BCUT2D eigenvalue weighted by molar-refractivity contribution is 5.89. The van der Waals surface area contributed by atoms with Crippen molar-refractivity contribution in [2.45, 2.75) is 33.9 Å². The van der Waals surface area contributed by atoms with Gasteiger partial charge in [0, 0.05) is 18.0 Å². The molecule has 0 aliphatic heterocycles. The van der Waals surface area contributed by atoms with E-state index >= 15 is 0 Å². The number of anilines is 1. The van der Waals surface area contributed by atoms with Crippen LogP contribution in [0.25, 0.3) is 11.3 Å². The van der Waals surface area contributed by atoms with E-state index in [0.29, 0.717) is 12.4 Å².